The van der Waals surface area contributed by atoms with Crippen molar-refractivity contribution in [2.75, 3.05) is 6.61 Å². The lowest BCUT2D eigenvalue weighted by Crippen LogP contribution is -2.10. The van der Waals surface area contributed by atoms with Crippen LogP contribution in [-0.4, -0.2) is 6.61 Å². The van der Waals surface area contributed by atoms with Gasteiger partial charge in [-0.05, 0) is 61.1 Å². The van der Waals surface area contributed by atoms with Gasteiger partial charge in [-0.2, -0.15) is 26.3 Å². The van der Waals surface area contributed by atoms with Crippen LogP contribution in [0.1, 0.15) is 48.4 Å². The van der Waals surface area contributed by atoms with Gasteiger partial charge >= 0.3 is 12.4 Å². The number of benzene rings is 2. The topological polar surface area (TPSA) is 9.23 Å². The third kappa shape index (κ3) is 6.46. The Balaban J connectivity index is 1.95. The highest BCUT2D eigenvalue weighted by atomic mass is 19.4. The highest BCUT2D eigenvalue weighted by molar-refractivity contribution is 5.39. The van der Waals surface area contributed by atoms with Crippen molar-refractivity contribution in [2.45, 2.75) is 51.4 Å². The van der Waals surface area contributed by atoms with Crippen molar-refractivity contribution in [1.82, 2.24) is 0 Å². The van der Waals surface area contributed by atoms with Crippen molar-refractivity contribution in [1.29, 1.82) is 0 Å². The van der Waals surface area contributed by atoms with Gasteiger partial charge in [0.05, 0.1) is 17.7 Å². The van der Waals surface area contributed by atoms with Crippen molar-refractivity contribution in [3.63, 3.8) is 0 Å². The minimum absolute atomic E-state index is 0.0401. The van der Waals surface area contributed by atoms with Crippen molar-refractivity contribution < 1.29 is 31.1 Å². The van der Waals surface area contributed by atoms with Crippen molar-refractivity contribution >= 4 is 0 Å². The predicted molar refractivity (Wildman–Crippen MR) is 95.3 cm³/mol. The van der Waals surface area contributed by atoms with E-state index < -0.39 is 23.5 Å². The van der Waals surface area contributed by atoms with E-state index in [0.29, 0.717) is 30.4 Å². The summed E-state index contributed by atoms with van der Waals surface area (Å²) >= 11 is 0. The zero-order chi connectivity index (χ0) is 20.8. The number of halogens is 6. The summed E-state index contributed by atoms with van der Waals surface area (Å²) in [4.78, 5) is 0. The van der Waals surface area contributed by atoms with E-state index in [4.69, 9.17) is 4.74 Å². The van der Waals surface area contributed by atoms with Crippen LogP contribution in [0.2, 0.25) is 0 Å². The molecule has 0 heterocycles. The van der Waals surface area contributed by atoms with Gasteiger partial charge in [-0.1, -0.05) is 31.5 Å². The van der Waals surface area contributed by atoms with Crippen LogP contribution in [0.4, 0.5) is 26.3 Å². The van der Waals surface area contributed by atoms with E-state index in [0.717, 1.165) is 31.0 Å². The molecule has 0 unspecified atom stereocenters. The van der Waals surface area contributed by atoms with Gasteiger partial charge in [0, 0.05) is 0 Å². The molecule has 1 nitrogen and oxygen atoms in total. The Bertz CT molecular complexity index is 747. The standard InChI is InChI=1S/C21H22F6O/c1-2-3-5-16-9-12-19(18(14-16)21(25,26)27)28-13-4-6-15-7-10-17(11-8-15)20(22,23)24/h7-12,14H,2-6,13H2,1H3. The average molecular weight is 404 g/mol. The smallest absolute Gasteiger partial charge is 0.419 e. The van der Waals surface area contributed by atoms with Crippen LogP contribution >= 0.6 is 0 Å². The van der Waals surface area contributed by atoms with E-state index in [2.05, 4.69) is 0 Å². The number of alkyl halides is 6. The zero-order valence-electron chi connectivity index (χ0n) is 15.5. The van der Waals surface area contributed by atoms with Crippen molar-refractivity contribution in [2.24, 2.45) is 0 Å². The lowest BCUT2D eigenvalue weighted by atomic mass is 10.0. The van der Waals surface area contributed by atoms with Crippen LogP contribution in [0.25, 0.3) is 0 Å². The normalized spacial score (nSPS) is 12.2. The molecule has 0 aliphatic rings. The maximum Gasteiger partial charge on any atom is 0.419 e. The summed E-state index contributed by atoms with van der Waals surface area (Å²) in [6.45, 7) is 2.01. The van der Waals surface area contributed by atoms with Gasteiger partial charge in [-0.15, -0.1) is 0 Å². The fourth-order valence-electron chi connectivity index (χ4n) is 2.78. The highest BCUT2D eigenvalue weighted by Gasteiger charge is 2.34. The molecule has 0 aromatic heterocycles. The Morgan fingerprint density at radius 3 is 1.93 bits per heavy atom. The number of rotatable bonds is 8. The summed E-state index contributed by atoms with van der Waals surface area (Å²) in [5, 5.41) is 0. The molecule has 0 spiro atoms. The number of hydrogen-bond donors (Lipinski definition) is 0. The summed E-state index contributed by atoms with van der Waals surface area (Å²) in [5.74, 6) is -0.222. The van der Waals surface area contributed by atoms with Gasteiger partial charge in [0.25, 0.3) is 0 Å². The van der Waals surface area contributed by atoms with Gasteiger partial charge in [0.15, 0.2) is 0 Å². The zero-order valence-corrected chi connectivity index (χ0v) is 15.5. The highest BCUT2D eigenvalue weighted by Crippen LogP contribution is 2.37. The molecule has 7 heteroatoms. The summed E-state index contributed by atoms with van der Waals surface area (Å²) in [5.41, 5.74) is -0.241. The number of aryl methyl sites for hydroxylation is 2. The number of unbranched alkanes of at least 4 members (excludes halogenated alkanes) is 1. The minimum atomic E-state index is -4.51. The Labute approximate surface area is 160 Å². The first-order valence-electron chi connectivity index (χ1n) is 9.10. The van der Waals surface area contributed by atoms with Crippen molar-refractivity contribution in [3.05, 3.63) is 64.7 Å². The molecule has 0 saturated carbocycles. The molecule has 2 rings (SSSR count). The molecule has 0 N–H and O–H groups in total. The molecule has 154 valence electrons. The molecule has 2 aromatic carbocycles. The van der Waals surface area contributed by atoms with Crippen LogP contribution in [0, 0.1) is 0 Å². The largest absolute Gasteiger partial charge is 0.493 e. The molecular formula is C21H22F6O. The van der Waals surface area contributed by atoms with Gasteiger partial charge in [0.1, 0.15) is 5.75 Å². The van der Waals surface area contributed by atoms with E-state index >= 15 is 0 Å². The first-order chi connectivity index (χ1) is 13.1. The molecule has 0 amide bonds. The third-order valence-corrected chi connectivity index (χ3v) is 4.32. The summed E-state index contributed by atoms with van der Waals surface area (Å²) in [7, 11) is 0. The van der Waals surface area contributed by atoms with Crippen LogP contribution in [0.3, 0.4) is 0 Å². The van der Waals surface area contributed by atoms with Gasteiger partial charge in [-0.3, -0.25) is 0 Å². The average Bonchev–Trinajstić information content (AvgIpc) is 2.63. The Morgan fingerprint density at radius 2 is 1.36 bits per heavy atom. The van der Waals surface area contributed by atoms with Crippen molar-refractivity contribution in [3.8, 4) is 5.75 Å². The van der Waals surface area contributed by atoms with E-state index in [-0.39, 0.29) is 12.4 Å². The number of ether oxygens (including phenoxy) is 1. The molecule has 0 aliphatic carbocycles. The fraction of sp³-hybridized carbons (Fsp3) is 0.429. The van der Waals surface area contributed by atoms with Crippen LogP contribution in [0.15, 0.2) is 42.5 Å². The molecule has 0 bridgehead atoms. The van der Waals surface area contributed by atoms with Gasteiger partial charge in [0.2, 0.25) is 0 Å². The molecule has 2 aromatic rings. The predicted octanol–water partition coefficient (Wildman–Crippen LogP) is 7.08. The van der Waals surface area contributed by atoms with E-state index in [9.17, 15) is 26.3 Å². The van der Waals surface area contributed by atoms with E-state index in [1.165, 1.54) is 18.2 Å². The van der Waals surface area contributed by atoms with E-state index in [1.807, 2.05) is 6.92 Å². The Kier molecular flexibility index (Phi) is 7.38. The Morgan fingerprint density at radius 1 is 0.750 bits per heavy atom. The third-order valence-electron chi connectivity index (χ3n) is 4.32. The quantitative estimate of drug-likeness (QED) is 0.337. The maximum atomic E-state index is 13.3. The molecule has 0 saturated heterocycles. The first kappa shape index (κ1) is 22.1. The second-order valence-electron chi connectivity index (χ2n) is 6.58. The second-order valence-corrected chi connectivity index (χ2v) is 6.58. The molecule has 0 aliphatic heterocycles. The summed E-state index contributed by atoms with van der Waals surface area (Å²) in [6, 6.07) is 8.82. The van der Waals surface area contributed by atoms with Crippen LogP contribution in [0.5, 0.6) is 5.75 Å². The van der Waals surface area contributed by atoms with Crippen LogP contribution in [-0.2, 0) is 25.2 Å². The summed E-state index contributed by atoms with van der Waals surface area (Å²) < 4.78 is 82.8. The Hall–Kier alpha value is -2.18. The summed E-state index contributed by atoms with van der Waals surface area (Å²) in [6.07, 6.45) is -5.82. The molecular weight excluding hydrogens is 382 g/mol. The molecule has 0 atom stereocenters. The molecule has 0 fully saturated rings. The molecule has 28 heavy (non-hydrogen) atoms. The molecule has 0 radical (unpaired) electrons. The monoisotopic (exact) mass is 404 g/mol. The maximum absolute atomic E-state index is 13.3. The first-order valence-corrected chi connectivity index (χ1v) is 9.10. The van der Waals surface area contributed by atoms with Gasteiger partial charge < -0.3 is 4.74 Å². The van der Waals surface area contributed by atoms with Gasteiger partial charge in [-0.25, -0.2) is 0 Å². The lowest BCUT2D eigenvalue weighted by molar-refractivity contribution is -0.139. The number of hydrogen-bond acceptors (Lipinski definition) is 1. The van der Waals surface area contributed by atoms with E-state index in [1.54, 1.807) is 6.07 Å². The SMILES string of the molecule is CCCCc1ccc(OCCCc2ccc(C(F)(F)F)cc2)c(C(F)(F)F)c1. The second kappa shape index (κ2) is 9.34. The minimum Gasteiger partial charge on any atom is -0.493 e. The lowest BCUT2D eigenvalue weighted by Gasteiger charge is -2.15. The van der Waals surface area contributed by atoms with Crippen LogP contribution < -0.4 is 4.74 Å². The fourth-order valence-corrected chi connectivity index (χ4v) is 2.78.